The Morgan fingerprint density at radius 1 is 1.15 bits per heavy atom. The van der Waals surface area contributed by atoms with Crippen molar-refractivity contribution in [2.75, 3.05) is 6.26 Å². The number of ketones is 1. The van der Waals surface area contributed by atoms with E-state index in [0.29, 0.717) is 6.42 Å². The van der Waals surface area contributed by atoms with E-state index in [1.165, 1.54) is 4.90 Å². The standard InChI is InChI=1S/C16H13NOS2/c1-19-12-8-6-11(7-9-12)14(18)10-16-17-13-4-2-3-5-15(13)20-16/h2-9H,10H2,1H3. The van der Waals surface area contributed by atoms with Crippen molar-refractivity contribution in [3.63, 3.8) is 0 Å². The van der Waals surface area contributed by atoms with E-state index < -0.39 is 0 Å². The van der Waals surface area contributed by atoms with E-state index in [1.807, 2.05) is 54.8 Å². The topological polar surface area (TPSA) is 30.0 Å². The zero-order valence-electron chi connectivity index (χ0n) is 11.0. The Balaban J connectivity index is 1.80. The number of aromatic nitrogens is 1. The van der Waals surface area contributed by atoms with Crippen LogP contribution < -0.4 is 0 Å². The van der Waals surface area contributed by atoms with E-state index in [2.05, 4.69) is 4.98 Å². The lowest BCUT2D eigenvalue weighted by molar-refractivity contribution is 0.0993. The molecule has 2 aromatic carbocycles. The van der Waals surface area contributed by atoms with Crippen molar-refractivity contribution in [1.29, 1.82) is 0 Å². The van der Waals surface area contributed by atoms with Gasteiger partial charge in [0.25, 0.3) is 0 Å². The van der Waals surface area contributed by atoms with Crippen LogP contribution in [0.15, 0.2) is 53.4 Å². The van der Waals surface area contributed by atoms with Gasteiger partial charge in [-0.3, -0.25) is 4.79 Å². The third kappa shape index (κ3) is 2.76. The number of para-hydroxylation sites is 1. The summed E-state index contributed by atoms with van der Waals surface area (Å²) in [6.45, 7) is 0. The quantitative estimate of drug-likeness (QED) is 0.527. The van der Waals surface area contributed by atoms with E-state index in [0.717, 1.165) is 20.8 Å². The number of thioether (sulfide) groups is 1. The van der Waals surface area contributed by atoms with Gasteiger partial charge in [-0.1, -0.05) is 24.3 Å². The van der Waals surface area contributed by atoms with Gasteiger partial charge in [-0.2, -0.15) is 0 Å². The average molecular weight is 299 g/mol. The summed E-state index contributed by atoms with van der Waals surface area (Å²) in [4.78, 5) is 17.9. The second-order valence-corrected chi connectivity index (χ2v) is 6.40. The number of thiazole rings is 1. The molecule has 4 heteroatoms. The van der Waals surface area contributed by atoms with E-state index in [9.17, 15) is 4.79 Å². The van der Waals surface area contributed by atoms with E-state index in [1.54, 1.807) is 23.1 Å². The Hall–Kier alpha value is -1.65. The smallest absolute Gasteiger partial charge is 0.169 e. The molecule has 1 heterocycles. The monoisotopic (exact) mass is 299 g/mol. The Kier molecular flexibility index (Phi) is 3.85. The summed E-state index contributed by atoms with van der Waals surface area (Å²) in [5, 5.41) is 0.880. The molecule has 0 atom stereocenters. The first-order chi connectivity index (χ1) is 9.76. The molecule has 0 radical (unpaired) electrons. The van der Waals surface area contributed by atoms with Crippen LogP contribution in [0, 0.1) is 0 Å². The van der Waals surface area contributed by atoms with Gasteiger partial charge >= 0.3 is 0 Å². The van der Waals surface area contributed by atoms with Crippen LogP contribution in [0.2, 0.25) is 0 Å². The van der Waals surface area contributed by atoms with Gasteiger partial charge < -0.3 is 0 Å². The molecule has 0 aliphatic carbocycles. The second kappa shape index (κ2) is 5.77. The molecule has 0 aliphatic rings. The molecule has 0 aliphatic heterocycles. The van der Waals surface area contributed by atoms with Crippen molar-refractivity contribution in [1.82, 2.24) is 4.98 Å². The summed E-state index contributed by atoms with van der Waals surface area (Å²) in [6.07, 6.45) is 2.40. The highest BCUT2D eigenvalue weighted by Crippen LogP contribution is 2.23. The highest BCUT2D eigenvalue weighted by molar-refractivity contribution is 7.98. The largest absolute Gasteiger partial charge is 0.294 e. The molecule has 0 spiro atoms. The Bertz CT molecular complexity index is 714. The van der Waals surface area contributed by atoms with E-state index in [-0.39, 0.29) is 5.78 Å². The molecule has 0 amide bonds. The number of carbonyl (C=O) groups is 1. The van der Waals surface area contributed by atoms with Gasteiger partial charge in [0.15, 0.2) is 5.78 Å². The minimum absolute atomic E-state index is 0.122. The molecule has 1 aromatic heterocycles. The van der Waals surface area contributed by atoms with Crippen LogP contribution in [-0.4, -0.2) is 17.0 Å². The Labute approximate surface area is 125 Å². The van der Waals surface area contributed by atoms with Crippen LogP contribution in [0.5, 0.6) is 0 Å². The minimum Gasteiger partial charge on any atom is -0.294 e. The summed E-state index contributed by atoms with van der Waals surface area (Å²) in [5.41, 5.74) is 1.72. The average Bonchev–Trinajstić information content (AvgIpc) is 2.89. The van der Waals surface area contributed by atoms with Gasteiger partial charge in [-0.25, -0.2) is 4.98 Å². The number of nitrogens with zero attached hydrogens (tertiary/aromatic N) is 1. The summed E-state index contributed by atoms with van der Waals surface area (Å²) in [5.74, 6) is 0.122. The number of hydrogen-bond donors (Lipinski definition) is 0. The van der Waals surface area contributed by atoms with Crippen molar-refractivity contribution in [3.05, 3.63) is 59.1 Å². The molecule has 0 unspecified atom stereocenters. The number of rotatable bonds is 4. The number of hydrogen-bond acceptors (Lipinski definition) is 4. The maximum atomic E-state index is 12.3. The number of carbonyl (C=O) groups excluding carboxylic acids is 1. The molecule has 3 aromatic rings. The summed E-state index contributed by atoms with van der Waals surface area (Å²) in [7, 11) is 0. The molecular weight excluding hydrogens is 286 g/mol. The molecule has 20 heavy (non-hydrogen) atoms. The highest BCUT2D eigenvalue weighted by atomic mass is 32.2. The zero-order valence-corrected chi connectivity index (χ0v) is 12.6. The van der Waals surface area contributed by atoms with E-state index >= 15 is 0 Å². The lowest BCUT2D eigenvalue weighted by atomic mass is 10.1. The van der Waals surface area contributed by atoms with Crippen molar-refractivity contribution in [2.45, 2.75) is 11.3 Å². The Morgan fingerprint density at radius 3 is 2.60 bits per heavy atom. The predicted octanol–water partition coefficient (Wildman–Crippen LogP) is 4.44. The highest BCUT2D eigenvalue weighted by Gasteiger charge is 2.10. The van der Waals surface area contributed by atoms with Crippen molar-refractivity contribution < 1.29 is 4.79 Å². The van der Waals surface area contributed by atoms with E-state index in [4.69, 9.17) is 0 Å². The van der Waals surface area contributed by atoms with Gasteiger partial charge in [0.05, 0.1) is 16.6 Å². The minimum atomic E-state index is 0.122. The summed E-state index contributed by atoms with van der Waals surface area (Å²) < 4.78 is 1.13. The fraction of sp³-hybridized carbons (Fsp3) is 0.125. The van der Waals surface area contributed by atoms with Gasteiger partial charge in [0.2, 0.25) is 0 Å². The molecular formula is C16H13NOS2. The zero-order chi connectivity index (χ0) is 13.9. The fourth-order valence-electron chi connectivity index (χ4n) is 2.01. The lowest BCUT2D eigenvalue weighted by Gasteiger charge is -2.00. The van der Waals surface area contributed by atoms with Crippen LogP contribution in [-0.2, 0) is 6.42 Å². The molecule has 0 bridgehead atoms. The molecule has 2 nitrogen and oxygen atoms in total. The molecule has 0 saturated heterocycles. The first-order valence-electron chi connectivity index (χ1n) is 6.28. The van der Waals surface area contributed by atoms with Gasteiger partial charge in [0, 0.05) is 10.5 Å². The third-order valence-electron chi connectivity index (χ3n) is 3.06. The first kappa shape index (κ1) is 13.3. The van der Waals surface area contributed by atoms with Gasteiger partial charge in [0.1, 0.15) is 5.01 Å². The van der Waals surface area contributed by atoms with Crippen LogP contribution in [0.25, 0.3) is 10.2 Å². The molecule has 0 saturated carbocycles. The fourth-order valence-corrected chi connectivity index (χ4v) is 3.39. The Morgan fingerprint density at radius 2 is 1.90 bits per heavy atom. The SMILES string of the molecule is CSc1ccc(C(=O)Cc2nc3ccccc3s2)cc1. The number of benzene rings is 2. The third-order valence-corrected chi connectivity index (χ3v) is 4.84. The molecule has 0 fully saturated rings. The molecule has 3 rings (SSSR count). The normalized spacial score (nSPS) is 10.8. The van der Waals surface area contributed by atoms with Crippen molar-refractivity contribution in [2.24, 2.45) is 0 Å². The van der Waals surface area contributed by atoms with Crippen LogP contribution in [0.1, 0.15) is 15.4 Å². The van der Waals surface area contributed by atoms with Gasteiger partial charge in [-0.15, -0.1) is 23.1 Å². The van der Waals surface area contributed by atoms with Crippen LogP contribution in [0.4, 0.5) is 0 Å². The van der Waals surface area contributed by atoms with Crippen LogP contribution in [0.3, 0.4) is 0 Å². The van der Waals surface area contributed by atoms with Crippen molar-refractivity contribution >= 4 is 39.1 Å². The summed E-state index contributed by atoms with van der Waals surface area (Å²) in [6, 6.07) is 15.7. The maximum Gasteiger partial charge on any atom is 0.169 e. The molecule has 0 N–H and O–H groups in total. The predicted molar refractivity (Wildman–Crippen MR) is 85.9 cm³/mol. The van der Waals surface area contributed by atoms with Crippen LogP contribution >= 0.6 is 23.1 Å². The first-order valence-corrected chi connectivity index (χ1v) is 8.32. The number of Topliss-reactive ketones (excluding diaryl/α,β-unsaturated/α-hetero) is 1. The second-order valence-electron chi connectivity index (χ2n) is 4.40. The lowest BCUT2D eigenvalue weighted by Crippen LogP contribution is -2.02. The van der Waals surface area contributed by atoms with Gasteiger partial charge in [-0.05, 0) is 30.5 Å². The molecule has 100 valence electrons. The summed E-state index contributed by atoms with van der Waals surface area (Å²) >= 11 is 3.27. The van der Waals surface area contributed by atoms with Crippen molar-refractivity contribution in [3.8, 4) is 0 Å². The maximum absolute atomic E-state index is 12.3. The number of fused-ring (bicyclic) bond motifs is 1.